The lowest BCUT2D eigenvalue weighted by atomic mass is 10.1. The second-order valence-electron chi connectivity index (χ2n) is 14.1. The monoisotopic (exact) mass is 669 g/mol. The van der Waals surface area contributed by atoms with Gasteiger partial charge in [0.1, 0.15) is 22.6 Å². The van der Waals surface area contributed by atoms with Gasteiger partial charge in [-0.15, -0.1) is 0 Å². The summed E-state index contributed by atoms with van der Waals surface area (Å²) >= 11 is 0. The molecule has 0 radical (unpaired) electrons. The zero-order valence-corrected chi connectivity index (χ0v) is 29.8. The number of hydrogen-bond donors (Lipinski definition) is 3. The predicted molar refractivity (Wildman–Crippen MR) is 179 cm³/mol. The molecule has 1 aromatic rings. The molecule has 4 N–H and O–H groups in total. The molecule has 0 aliphatic heterocycles. The SMILES string of the molecule is COC(=O)c1cc(F)c(NCCCN(CCCCN(CCCNC(=O)OC(C)(C)C)C(=O)OC(C)(C)C)C(=O)OC(C)(C)C)cc1N. The topological polar surface area (TPSA) is 162 Å². The highest BCUT2D eigenvalue weighted by Gasteiger charge is 2.24. The van der Waals surface area contributed by atoms with E-state index in [-0.39, 0.29) is 16.9 Å². The number of hydrogen-bond acceptors (Lipinski definition) is 10. The van der Waals surface area contributed by atoms with Crippen LogP contribution >= 0.6 is 0 Å². The molecule has 47 heavy (non-hydrogen) atoms. The third-order valence-corrected chi connectivity index (χ3v) is 6.15. The molecule has 0 unspecified atom stereocenters. The number of benzene rings is 1. The van der Waals surface area contributed by atoms with Crippen LogP contribution < -0.4 is 16.4 Å². The number of methoxy groups -OCH3 is 1. The first-order valence-corrected chi connectivity index (χ1v) is 16.0. The number of unbranched alkanes of at least 4 members (excludes halogenated alkanes) is 1. The van der Waals surface area contributed by atoms with E-state index in [1.165, 1.54) is 13.2 Å². The first-order chi connectivity index (χ1) is 21.6. The molecule has 0 atom stereocenters. The van der Waals surface area contributed by atoms with E-state index in [2.05, 4.69) is 15.4 Å². The zero-order valence-electron chi connectivity index (χ0n) is 29.8. The zero-order chi connectivity index (χ0) is 36.0. The number of nitrogens with one attached hydrogen (secondary N) is 2. The molecule has 0 aliphatic rings. The highest BCUT2D eigenvalue weighted by Crippen LogP contribution is 2.23. The number of nitrogens with zero attached hydrogens (tertiary/aromatic N) is 2. The lowest BCUT2D eigenvalue weighted by molar-refractivity contribution is 0.0208. The Bertz CT molecular complexity index is 1190. The van der Waals surface area contributed by atoms with E-state index in [0.29, 0.717) is 65.0 Å². The minimum Gasteiger partial charge on any atom is -0.465 e. The summed E-state index contributed by atoms with van der Waals surface area (Å²) in [4.78, 5) is 52.8. The van der Waals surface area contributed by atoms with Crippen LogP contribution in [0.15, 0.2) is 12.1 Å². The normalized spacial score (nSPS) is 11.7. The predicted octanol–water partition coefficient (Wildman–Crippen LogP) is 6.17. The van der Waals surface area contributed by atoms with E-state index in [9.17, 15) is 23.6 Å². The van der Waals surface area contributed by atoms with Crippen molar-refractivity contribution in [2.75, 3.05) is 57.4 Å². The number of esters is 1. The average molecular weight is 670 g/mol. The largest absolute Gasteiger partial charge is 0.465 e. The van der Waals surface area contributed by atoms with Crippen LogP contribution in [0, 0.1) is 5.82 Å². The summed E-state index contributed by atoms with van der Waals surface area (Å²) in [6, 6.07) is 2.35. The Hall–Kier alpha value is -3.97. The van der Waals surface area contributed by atoms with Gasteiger partial charge < -0.3 is 45.1 Å². The van der Waals surface area contributed by atoms with Crippen molar-refractivity contribution in [3.05, 3.63) is 23.5 Å². The molecule has 3 amide bonds. The van der Waals surface area contributed by atoms with E-state index in [1.54, 1.807) is 72.1 Å². The summed E-state index contributed by atoms with van der Waals surface area (Å²) in [6.07, 6.45) is 0.642. The molecule has 0 bridgehead atoms. The van der Waals surface area contributed by atoms with E-state index < -0.39 is 46.9 Å². The Labute approximate surface area is 279 Å². The Balaban J connectivity index is 2.77. The first-order valence-electron chi connectivity index (χ1n) is 16.0. The van der Waals surface area contributed by atoms with Crippen molar-refractivity contribution >= 4 is 35.6 Å². The van der Waals surface area contributed by atoms with Crippen molar-refractivity contribution in [3.63, 3.8) is 0 Å². The highest BCUT2D eigenvalue weighted by atomic mass is 19.1. The Kier molecular flexibility index (Phi) is 16.1. The summed E-state index contributed by atoms with van der Waals surface area (Å²) < 4.78 is 35.6. The second-order valence-corrected chi connectivity index (χ2v) is 14.1. The third-order valence-electron chi connectivity index (χ3n) is 6.15. The fourth-order valence-corrected chi connectivity index (χ4v) is 4.13. The summed E-state index contributed by atoms with van der Waals surface area (Å²) in [5, 5.41) is 5.65. The molecule has 0 saturated carbocycles. The van der Waals surface area contributed by atoms with Gasteiger partial charge in [-0.1, -0.05) is 0 Å². The van der Waals surface area contributed by atoms with Crippen molar-refractivity contribution in [2.45, 2.75) is 105 Å². The molecule has 0 heterocycles. The van der Waals surface area contributed by atoms with E-state index in [0.717, 1.165) is 6.07 Å². The van der Waals surface area contributed by atoms with Gasteiger partial charge in [0.25, 0.3) is 0 Å². The first kappa shape index (κ1) is 41.1. The van der Waals surface area contributed by atoms with Crippen LogP contribution in [0.3, 0.4) is 0 Å². The van der Waals surface area contributed by atoms with E-state index in [1.807, 2.05) is 0 Å². The van der Waals surface area contributed by atoms with Gasteiger partial charge in [0.15, 0.2) is 0 Å². The molecule has 268 valence electrons. The highest BCUT2D eigenvalue weighted by molar-refractivity contribution is 5.95. The summed E-state index contributed by atoms with van der Waals surface area (Å²) in [6.45, 7) is 18.1. The maximum atomic E-state index is 14.6. The van der Waals surface area contributed by atoms with Crippen LogP contribution in [0.4, 0.5) is 30.1 Å². The molecular formula is C33H56FN5O8. The standard InChI is InChI=1S/C33H56FN5O8/c1-31(2,3)45-28(41)37-16-14-20-39(30(43)47-33(7,8)9)18-12-11-17-38(29(42)46-32(4,5)6)19-13-15-36-26-22-25(35)23(21-24(26)34)27(40)44-10/h21-22,36H,11-20,35H2,1-10H3,(H,37,41). The number of anilines is 2. The maximum Gasteiger partial charge on any atom is 0.410 e. The number of alkyl carbamates (subject to hydrolysis) is 1. The Morgan fingerprint density at radius 1 is 0.723 bits per heavy atom. The van der Waals surface area contributed by atoms with Crippen molar-refractivity contribution in [3.8, 4) is 0 Å². The molecular weight excluding hydrogens is 613 g/mol. The van der Waals surface area contributed by atoms with E-state index in [4.69, 9.17) is 19.9 Å². The van der Waals surface area contributed by atoms with Crippen LogP contribution in [-0.4, -0.2) is 97.2 Å². The van der Waals surface area contributed by atoms with Crippen LogP contribution in [-0.2, 0) is 18.9 Å². The number of amides is 3. The maximum absolute atomic E-state index is 14.6. The molecule has 1 aromatic carbocycles. The van der Waals surface area contributed by atoms with Crippen LogP contribution in [0.1, 0.15) is 98.4 Å². The minimum atomic E-state index is -0.731. The number of carbonyl (C=O) groups is 4. The van der Waals surface area contributed by atoms with Crippen LogP contribution in [0.25, 0.3) is 0 Å². The number of nitrogen functional groups attached to an aromatic ring is 1. The van der Waals surface area contributed by atoms with Crippen molar-refractivity contribution in [1.82, 2.24) is 15.1 Å². The van der Waals surface area contributed by atoms with E-state index >= 15 is 0 Å². The second kappa shape index (κ2) is 18.4. The smallest absolute Gasteiger partial charge is 0.410 e. The van der Waals surface area contributed by atoms with Gasteiger partial charge in [0.05, 0.1) is 18.4 Å². The van der Waals surface area contributed by atoms with Gasteiger partial charge >= 0.3 is 24.2 Å². The molecule has 1 rings (SSSR count). The lowest BCUT2D eigenvalue weighted by Gasteiger charge is -2.29. The number of carbonyl (C=O) groups excluding carboxylic acids is 4. The molecule has 0 spiro atoms. The summed E-state index contributed by atoms with van der Waals surface area (Å²) in [5.41, 5.74) is 4.05. The van der Waals surface area contributed by atoms with Gasteiger partial charge in [0.2, 0.25) is 0 Å². The average Bonchev–Trinajstić information content (AvgIpc) is 2.91. The molecule has 13 nitrogen and oxygen atoms in total. The Morgan fingerprint density at radius 2 is 1.17 bits per heavy atom. The van der Waals surface area contributed by atoms with Gasteiger partial charge in [-0.2, -0.15) is 0 Å². The van der Waals surface area contributed by atoms with Crippen molar-refractivity contribution in [2.24, 2.45) is 0 Å². The van der Waals surface area contributed by atoms with Gasteiger partial charge in [-0.3, -0.25) is 0 Å². The number of nitrogens with two attached hydrogens (primary N) is 1. The third kappa shape index (κ3) is 17.5. The number of halogens is 1. The molecule has 0 aliphatic carbocycles. The summed E-state index contributed by atoms with van der Waals surface area (Å²) in [5.74, 6) is -1.39. The number of ether oxygens (including phenoxy) is 4. The van der Waals surface area contributed by atoms with Crippen molar-refractivity contribution in [1.29, 1.82) is 0 Å². The molecule has 0 aromatic heterocycles. The van der Waals surface area contributed by atoms with Crippen LogP contribution in [0.2, 0.25) is 0 Å². The lowest BCUT2D eigenvalue weighted by Crippen LogP contribution is -2.40. The van der Waals surface area contributed by atoms with Crippen molar-refractivity contribution < 1.29 is 42.5 Å². The number of rotatable bonds is 15. The quantitative estimate of drug-likeness (QED) is 0.0853. The molecule has 0 fully saturated rings. The minimum absolute atomic E-state index is 0.0608. The van der Waals surface area contributed by atoms with Gasteiger partial charge in [0, 0.05) is 45.0 Å². The van der Waals surface area contributed by atoms with Gasteiger partial charge in [-0.05, 0) is 100 Å². The fraction of sp³-hybridized carbons (Fsp3) is 0.697. The molecule has 14 heteroatoms. The Morgan fingerprint density at radius 3 is 1.62 bits per heavy atom. The van der Waals surface area contributed by atoms with Gasteiger partial charge in [-0.25, -0.2) is 23.6 Å². The summed E-state index contributed by atoms with van der Waals surface area (Å²) in [7, 11) is 1.19. The van der Waals surface area contributed by atoms with Crippen LogP contribution in [0.5, 0.6) is 0 Å². The molecule has 0 saturated heterocycles. The fourth-order valence-electron chi connectivity index (χ4n) is 4.13.